The Balaban J connectivity index is 2.46. The van der Waals surface area contributed by atoms with Gasteiger partial charge in [-0.1, -0.05) is 33.1 Å². The van der Waals surface area contributed by atoms with Gasteiger partial charge in [0, 0.05) is 6.54 Å². The Hall–Kier alpha value is -0.610. The van der Waals surface area contributed by atoms with Gasteiger partial charge in [0.2, 0.25) is 5.91 Å². The molecule has 0 heterocycles. The maximum atomic E-state index is 12.0. The standard InChI is InChI=1S/C13H26N2O2/c1-3-13(14,4-2)11(16)15-10-12(17)8-6-5-7-9-12/h17H,3-10,14H2,1-2H3,(H,15,16). The zero-order chi connectivity index (χ0) is 12.9. The lowest BCUT2D eigenvalue weighted by Crippen LogP contribution is -2.56. The number of carbonyl (C=O) groups is 1. The summed E-state index contributed by atoms with van der Waals surface area (Å²) < 4.78 is 0. The van der Waals surface area contributed by atoms with Crippen LogP contribution in [0.1, 0.15) is 58.8 Å². The second kappa shape index (κ2) is 5.83. The summed E-state index contributed by atoms with van der Waals surface area (Å²) >= 11 is 0. The molecule has 0 aromatic heterocycles. The first kappa shape index (κ1) is 14.5. The fourth-order valence-corrected chi connectivity index (χ4v) is 2.38. The molecule has 0 aromatic carbocycles. The van der Waals surface area contributed by atoms with Crippen molar-refractivity contribution in [1.29, 1.82) is 0 Å². The first-order chi connectivity index (χ1) is 7.96. The predicted molar refractivity (Wildman–Crippen MR) is 68.5 cm³/mol. The van der Waals surface area contributed by atoms with Crippen LogP contribution in [0.5, 0.6) is 0 Å². The molecule has 17 heavy (non-hydrogen) atoms. The summed E-state index contributed by atoms with van der Waals surface area (Å²) in [6.07, 6.45) is 6.07. The number of nitrogens with two attached hydrogens (primary N) is 1. The Morgan fingerprint density at radius 3 is 2.29 bits per heavy atom. The van der Waals surface area contributed by atoms with Crippen molar-refractivity contribution in [2.45, 2.75) is 69.9 Å². The number of rotatable bonds is 5. The van der Waals surface area contributed by atoms with Crippen molar-refractivity contribution in [3.05, 3.63) is 0 Å². The van der Waals surface area contributed by atoms with Crippen LogP contribution in [0.2, 0.25) is 0 Å². The first-order valence-electron chi connectivity index (χ1n) is 6.75. The van der Waals surface area contributed by atoms with Gasteiger partial charge < -0.3 is 16.2 Å². The highest BCUT2D eigenvalue weighted by Gasteiger charge is 2.34. The van der Waals surface area contributed by atoms with Crippen molar-refractivity contribution in [2.75, 3.05) is 6.54 Å². The van der Waals surface area contributed by atoms with E-state index in [1.807, 2.05) is 13.8 Å². The average Bonchev–Trinajstić information content (AvgIpc) is 2.36. The first-order valence-corrected chi connectivity index (χ1v) is 6.75. The van der Waals surface area contributed by atoms with Crippen molar-refractivity contribution in [3.8, 4) is 0 Å². The molecule has 0 atom stereocenters. The number of aliphatic hydroxyl groups is 1. The molecule has 0 radical (unpaired) electrons. The van der Waals surface area contributed by atoms with Crippen LogP contribution in [0, 0.1) is 0 Å². The molecular weight excluding hydrogens is 216 g/mol. The van der Waals surface area contributed by atoms with Crippen LogP contribution in [0.3, 0.4) is 0 Å². The topological polar surface area (TPSA) is 75.4 Å². The van der Waals surface area contributed by atoms with Gasteiger partial charge in [0.1, 0.15) is 0 Å². The van der Waals surface area contributed by atoms with E-state index < -0.39 is 11.1 Å². The van der Waals surface area contributed by atoms with E-state index in [4.69, 9.17) is 5.73 Å². The Kier molecular flexibility index (Phi) is 4.95. The lowest BCUT2D eigenvalue weighted by Gasteiger charge is -2.34. The second-order valence-electron chi connectivity index (χ2n) is 5.33. The minimum absolute atomic E-state index is 0.138. The molecule has 1 rings (SSSR count). The molecule has 0 spiro atoms. The van der Waals surface area contributed by atoms with E-state index in [1.165, 1.54) is 6.42 Å². The highest BCUT2D eigenvalue weighted by molar-refractivity contribution is 5.85. The summed E-state index contributed by atoms with van der Waals surface area (Å²) in [4.78, 5) is 12.0. The number of carbonyl (C=O) groups excluding carboxylic acids is 1. The minimum atomic E-state index is -0.787. The number of hydrogen-bond donors (Lipinski definition) is 3. The van der Waals surface area contributed by atoms with Gasteiger partial charge in [-0.3, -0.25) is 4.79 Å². The number of nitrogens with one attached hydrogen (secondary N) is 1. The third-order valence-electron chi connectivity index (χ3n) is 4.08. The molecule has 1 aliphatic carbocycles. The van der Waals surface area contributed by atoms with Crippen LogP contribution in [0.15, 0.2) is 0 Å². The molecule has 1 amide bonds. The molecule has 0 unspecified atom stereocenters. The largest absolute Gasteiger partial charge is 0.388 e. The van der Waals surface area contributed by atoms with Gasteiger partial charge in [-0.25, -0.2) is 0 Å². The molecule has 1 fully saturated rings. The van der Waals surface area contributed by atoms with E-state index in [1.54, 1.807) is 0 Å². The van der Waals surface area contributed by atoms with Crippen molar-refractivity contribution < 1.29 is 9.90 Å². The normalized spacial score (nSPS) is 20.0. The third-order valence-corrected chi connectivity index (χ3v) is 4.08. The van der Waals surface area contributed by atoms with E-state index in [-0.39, 0.29) is 5.91 Å². The molecular formula is C13H26N2O2. The Labute approximate surface area is 104 Å². The second-order valence-corrected chi connectivity index (χ2v) is 5.33. The average molecular weight is 242 g/mol. The Bertz CT molecular complexity index is 256. The zero-order valence-electron chi connectivity index (χ0n) is 11.1. The van der Waals surface area contributed by atoms with E-state index in [0.717, 1.165) is 25.7 Å². The quantitative estimate of drug-likeness (QED) is 0.680. The lowest BCUT2D eigenvalue weighted by atomic mass is 9.84. The van der Waals surface area contributed by atoms with Gasteiger partial charge >= 0.3 is 0 Å². The maximum Gasteiger partial charge on any atom is 0.240 e. The van der Waals surface area contributed by atoms with Crippen LogP contribution in [0.4, 0.5) is 0 Å². The highest BCUT2D eigenvalue weighted by atomic mass is 16.3. The molecule has 0 aliphatic heterocycles. The predicted octanol–water partition coefficient (Wildman–Crippen LogP) is 1.32. The van der Waals surface area contributed by atoms with Crippen LogP contribution in [0.25, 0.3) is 0 Å². The highest BCUT2D eigenvalue weighted by Crippen LogP contribution is 2.27. The molecule has 1 aliphatic rings. The van der Waals surface area contributed by atoms with Gasteiger partial charge in [0.15, 0.2) is 0 Å². The van der Waals surface area contributed by atoms with Crippen molar-refractivity contribution in [3.63, 3.8) is 0 Å². The Morgan fingerprint density at radius 1 is 1.29 bits per heavy atom. The van der Waals surface area contributed by atoms with Crippen LogP contribution >= 0.6 is 0 Å². The van der Waals surface area contributed by atoms with Gasteiger partial charge in [-0.15, -0.1) is 0 Å². The summed E-state index contributed by atoms with van der Waals surface area (Å²) in [5.41, 5.74) is 4.51. The molecule has 4 nitrogen and oxygen atoms in total. The van der Waals surface area contributed by atoms with Gasteiger partial charge in [-0.05, 0) is 25.7 Å². The van der Waals surface area contributed by atoms with Crippen LogP contribution in [-0.4, -0.2) is 28.7 Å². The van der Waals surface area contributed by atoms with E-state index >= 15 is 0 Å². The summed E-state index contributed by atoms with van der Waals surface area (Å²) in [6.45, 7) is 4.17. The maximum absolute atomic E-state index is 12.0. The van der Waals surface area contributed by atoms with Crippen molar-refractivity contribution in [1.82, 2.24) is 5.32 Å². The van der Waals surface area contributed by atoms with Gasteiger partial charge in [-0.2, -0.15) is 0 Å². The molecule has 1 saturated carbocycles. The van der Waals surface area contributed by atoms with E-state index in [0.29, 0.717) is 19.4 Å². The number of amides is 1. The number of hydrogen-bond acceptors (Lipinski definition) is 3. The molecule has 4 heteroatoms. The molecule has 0 aromatic rings. The fraction of sp³-hybridized carbons (Fsp3) is 0.923. The molecule has 0 saturated heterocycles. The van der Waals surface area contributed by atoms with Gasteiger partial charge in [0.05, 0.1) is 11.1 Å². The summed E-state index contributed by atoms with van der Waals surface area (Å²) in [5, 5.41) is 13.1. The molecule has 0 bridgehead atoms. The smallest absolute Gasteiger partial charge is 0.240 e. The SMILES string of the molecule is CCC(N)(CC)C(=O)NCC1(O)CCCCC1. The van der Waals surface area contributed by atoms with Crippen molar-refractivity contribution >= 4 is 5.91 Å². The summed E-state index contributed by atoms with van der Waals surface area (Å²) in [7, 11) is 0. The van der Waals surface area contributed by atoms with Crippen molar-refractivity contribution in [2.24, 2.45) is 5.73 Å². The molecule has 100 valence electrons. The van der Waals surface area contributed by atoms with Crippen LogP contribution < -0.4 is 11.1 Å². The molecule has 4 N–H and O–H groups in total. The monoisotopic (exact) mass is 242 g/mol. The zero-order valence-corrected chi connectivity index (χ0v) is 11.1. The summed E-state index contributed by atoms with van der Waals surface area (Å²) in [5.74, 6) is -0.138. The van der Waals surface area contributed by atoms with Crippen LogP contribution in [-0.2, 0) is 4.79 Å². The third kappa shape index (κ3) is 3.68. The Morgan fingerprint density at radius 2 is 1.82 bits per heavy atom. The summed E-state index contributed by atoms with van der Waals surface area (Å²) in [6, 6.07) is 0. The minimum Gasteiger partial charge on any atom is -0.388 e. The van der Waals surface area contributed by atoms with E-state index in [2.05, 4.69) is 5.32 Å². The lowest BCUT2D eigenvalue weighted by molar-refractivity contribution is -0.128. The fourth-order valence-electron chi connectivity index (χ4n) is 2.38. The van der Waals surface area contributed by atoms with E-state index in [9.17, 15) is 9.90 Å². The van der Waals surface area contributed by atoms with Gasteiger partial charge in [0.25, 0.3) is 0 Å².